The van der Waals surface area contributed by atoms with E-state index in [0.717, 1.165) is 24.3 Å². The Balaban J connectivity index is 2.45. The molecule has 1 rings (SSSR count). The molecule has 1 aliphatic heterocycles. The fraction of sp³-hybridized carbons (Fsp3) is 0.857. The lowest BCUT2D eigenvalue weighted by Gasteiger charge is -2.10. The van der Waals surface area contributed by atoms with E-state index in [-0.39, 0.29) is 12.0 Å². The molecule has 1 aliphatic rings. The monoisotopic (exact) mass is 157 g/mol. The SMILES string of the molecule is N#C[C@H]1CCSCC[C@@H]1O. The highest BCUT2D eigenvalue weighted by Gasteiger charge is 2.20. The minimum absolute atomic E-state index is 0.116. The van der Waals surface area contributed by atoms with E-state index in [1.807, 2.05) is 11.8 Å². The summed E-state index contributed by atoms with van der Waals surface area (Å²) in [7, 11) is 0. The number of nitriles is 1. The zero-order valence-electron chi connectivity index (χ0n) is 5.79. The second-order valence-electron chi connectivity index (χ2n) is 2.49. The molecule has 10 heavy (non-hydrogen) atoms. The van der Waals surface area contributed by atoms with E-state index in [2.05, 4.69) is 6.07 Å². The lowest BCUT2D eigenvalue weighted by atomic mass is 10.00. The summed E-state index contributed by atoms with van der Waals surface area (Å²) in [6.07, 6.45) is 1.26. The Morgan fingerprint density at radius 3 is 2.80 bits per heavy atom. The van der Waals surface area contributed by atoms with Crippen molar-refractivity contribution in [1.29, 1.82) is 5.26 Å². The molecule has 0 amide bonds. The Kier molecular flexibility index (Phi) is 3.04. The molecule has 0 aromatic rings. The van der Waals surface area contributed by atoms with Crippen molar-refractivity contribution in [2.45, 2.75) is 18.9 Å². The molecule has 0 aromatic heterocycles. The first kappa shape index (κ1) is 7.90. The third kappa shape index (κ3) is 1.89. The van der Waals surface area contributed by atoms with Gasteiger partial charge in [0.2, 0.25) is 0 Å². The molecule has 0 aliphatic carbocycles. The number of aliphatic hydroxyl groups is 1. The molecule has 0 saturated carbocycles. The average Bonchev–Trinajstić information content (AvgIpc) is 2.13. The van der Waals surface area contributed by atoms with Crippen LogP contribution in [0.5, 0.6) is 0 Å². The van der Waals surface area contributed by atoms with E-state index < -0.39 is 0 Å². The number of hydrogen-bond acceptors (Lipinski definition) is 3. The molecule has 2 nitrogen and oxygen atoms in total. The average molecular weight is 157 g/mol. The van der Waals surface area contributed by atoms with Crippen LogP contribution in [0, 0.1) is 17.2 Å². The van der Waals surface area contributed by atoms with E-state index in [1.54, 1.807) is 0 Å². The molecule has 0 bridgehead atoms. The number of hydrogen-bond donors (Lipinski definition) is 1. The van der Waals surface area contributed by atoms with Gasteiger partial charge >= 0.3 is 0 Å². The molecular formula is C7H11NOS. The number of aliphatic hydroxyl groups excluding tert-OH is 1. The quantitative estimate of drug-likeness (QED) is 0.571. The molecule has 1 fully saturated rings. The summed E-state index contributed by atoms with van der Waals surface area (Å²) in [4.78, 5) is 0. The van der Waals surface area contributed by atoms with Gasteiger partial charge in [-0.1, -0.05) is 0 Å². The Hall–Kier alpha value is -0.200. The van der Waals surface area contributed by atoms with Gasteiger partial charge in [0.1, 0.15) is 0 Å². The van der Waals surface area contributed by atoms with Gasteiger partial charge < -0.3 is 5.11 Å². The zero-order chi connectivity index (χ0) is 7.40. The van der Waals surface area contributed by atoms with Crippen LogP contribution in [0.15, 0.2) is 0 Å². The molecule has 1 heterocycles. The van der Waals surface area contributed by atoms with Crippen molar-refractivity contribution in [3.8, 4) is 6.07 Å². The molecule has 3 heteroatoms. The highest BCUT2D eigenvalue weighted by Crippen LogP contribution is 2.21. The Morgan fingerprint density at radius 1 is 1.40 bits per heavy atom. The van der Waals surface area contributed by atoms with Crippen LogP contribution in [0.3, 0.4) is 0 Å². The van der Waals surface area contributed by atoms with Crippen LogP contribution >= 0.6 is 11.8 Å². The van der Waals surface area contributed by atoms with Gasteiger partial charge in [0.15, 0.2) is 0 Å². The van der Waals surface area contributed by atoms with Crippen LogP contribution in [0.1, 0.15) is 12.8 Å². The molecule has 1 N–H and O–H groups in total. The van der Waals surface area contributed by atoms with Gasteiger partial charge in [-0.15, -0.1) is 0 Å². The summed E-state index contributed by atoms with van der Waals surface area (Å²) in [6.45, 7) is 0. The van der Waals surface area contributed by atoms with E-state index >= 15 is 0 Å². The van der Waals surface area contributed by atoms with Gasteiger partial charge in [0.05, 0.1) is 18.1 Å². The summed E-state index contributed by atoms with van der Waals surface area (Å²) in [5, 5.41) is 17.9. The topological polar surface area (TPSA) is 44.0 Å². The Labute approximate surface area is 65.2 Å². The Morgan fingerprint density at radius 2 is 2.10 bits per heavy atom. The van der Waals surface area contributed by atoms with Crippen LogP contribution in [-0.2, 0) is 0 Å². The summed E-state index contributed by atoms with van der Waals surface area (Å²) >= 11 is 1.83. The van der Waals surface area contributed by atoms with Crippen molar-refractivity contribution in [2.75, 3.05) is 11.5 Å². The van der Waals surface area contributed by atoms with Crippen molar-refractivity contribution in [1.82, 2.24) is 0 Å². The molecule has 2 atom stereocenters. The maximum Gasteiger partial charge on any atom is 0.0730 e. The number of nitrogens with zero attached hydrogens (tertiary/aromatic N) is 1. The van der Waals surface area contributed by atoms with Crippen molar-refractivity contribution in [2.24, 2.45) is 5.92 Å². The predicted octanol–water partition coefficient (Wildman–Crippen LogP) is 1.01. The molecule has 56 valence electrons. The van der Waals surface area contributed by atoms with Gasteiger partial charge in [-0.2, -0.15) is 17.0 Å². The van der Waals surface area contributed by atoms with Crippen LogP contribution in [-0.4, -0.2) is 22.7 Å². The van der Waals surface area contributed by atoms with Crippen molar-refractivity contribution < 1.29 is 5.11 Å². The second kappa shape index (κ2) is 3.85. The summed E-state index contributed by atoms with van der Waals surface area (Å²) in [6, 6.07) is 2.13. The molecule has 0 unspecified atom stereocenters. The lowest BCUT2D eigenvalue weighted by molar-refractivity contribution is 0.131. The lowest BCUT2D eigenvalue weighted by Crippen LogP contribution is -2.17. The highest BCUT2D eigenvalue weighted by molar-refractivity contribution is 7.99. The molecule has 0 spiro atoms. The maximum atomic E-state index is 9.31. The fourth-order valence-electron chi connectivity index (χ4n) is 1.06. The maximum absolute atomic E-state index is 9.31. The second-order valence-corrected chi connectivity index (χ2v) is 3.72. The fourth-order valence-corrected chi connectivity index (χ4v) is 2.09. The highest BCUT2D eigenvalue weighted by atomic mass is 32.2. The molecule has 1 saturated heterocycles. The van der Waals surface area contributed by atoms with Crippen molar-refractivity contribution in [3.05, 3.63) is 0 Å². The van der Waals surface area contributed by atoms with Gasteiger partial charge in [-0.3, -0.25) is 0 Å². The first-order chi connectivity index (χ1) is 4.84. The molecule has 0 aromatic carbocycles. The van der Waals surface area contributed by atoms with Crippen LogP contribution in [0.25, 0.3) is 0 Å². The van der Waals surface area contributed by atoms with E-state index in [0.29, 0.717) is 0 Å². The first-order valence-electron chi connectivity index (χ1n) is 3.50. The van der Waals surface area contributed by atoms with Gasteiger partial charge in [-0.25, -0.2) is 0 Å². The summed E-state index contributed by atoms with van der Waals surface area (Å²) < 4.78 is 0. The van der Waals surface area contributed by atoms with Crippen LogP contribution < -0.4 is 0 Å². The number of rotatable bonds is 0. The van der Waals surface area contributed by atoms with E-state index in [9.17, 15) is 5.11 Å². The first-order valence-corrected chi connectivity index (χ1v) is 4.65. The summed E-state index contributed by atoms with van der Waals surface area (Å²) in [5.41, 5.74) is 0. The minimum atomic E-state index is -0.375. The third-order valence-corrected chi connectivity index (χ3v) is 2.81. The Bertz CT molecular complexity index is 143. The third-order valence-electron chi connectivity index (χ3n) is 1.76. The molecular weight excluding hydrogens is 146 g/mol. The smallest absolute Gasteiger partial charge is 0.0730 e. The van der Waals surface area contributed by atoms with Gasteiger partial charge in [-0.05, 0) is 24.3 Å². The van der Waals surface area contributed by atoms with Gasteiger partial charge in [0.25, 0.3) is 0 Å². The summed E-state index contributed by atoms with van der Waals surface area (Å²) in [5.74, 6) is 1.91. The normalized spacial score (nSPS) is 34.4. The standard InChI is InChI=1S/C7H11NOS/c8-5-6-1-3-10-4-2-7(6)9/h6-7,9H,1-4H2/t6-,7+/m1/s1. The van der Waals surface area contributed by atoms with E-state index in [4.69, 9.17) is 5.26 Å². The van der Waals surface area contributed by atoms with Crippen molar-refractivity contribution >= 4 is 11.8 Å². The van der Waals surface area contributed by atoms with E-state index in [1.165, 1.54) is 0 Å². The van der Waals surface area contributed by atoms with Crippen LogP contribution in [0.2, 0.25) is 0 Å². The van der Waals surface area contributed by atoms with Gasteiger partial charge in [0, 0.05) is 0 Å². The molecule has 0 radical (unpaired) electrons. The van der Waals surface area contributed by atoms with Crippen molar-refractivity contribution in [3.63, 3.8) is 0 Å². The van der Waals surface area contributed by atoms with Crippen LogP contribution in [0.4, 0.5) is 0 Å². The number of thioether (sulfide) groups is 1. The minimum Gasteiger partial charge on any atom is -0.392 e. The predicted molar refractivity (Wildman–Crippen MR) is 41.7 cm³/mol. The zero-order valence-corrected chi connectivity index (χ0v) is 6.60. The largest absolute Gasteiger partial charge is 0.392 e.